The number of hydrogen-bond donors (Lipinski definition) is 1. The average Bonchev–Trinajstić information content (AvgIpc) is 2.40. The van der Waals surface area contributed by atoms with Crippen molar-refractivity contribution in [2.24, 2.45) is 5.41 Å². The Morgan fingerprint density at radius 1 is 0.947 bits per heavy atom. The molecule has 0 aliphatic carbocycles. The lowest BCUT2D eigenvalue weighted by Crippen LogP contribution is -2.11. The number of nitriles is 1. The highest BCUT2D eigenvalue weighted by Gasteiger charge is 2.17. The van der Waals surface area contributed by atoms with Crippen LogP contribution in [-0.2, 0) is 6.42 Å². The maximum Gasteiger partial charge on any atom is 0.115 e. The Morgan fingerprint density at radius 3 is 1.89 bits per heavy atom. The van der Waals surface area contributed by atoms with Crippen molar-refractivity contribution in [3.05, 3.63) is 54.1 Å². The molecule has 2 rings (SSSR count). The number of phenolic OH excluding ortho intramolecular Hbond substituents is 1. The second kappa shape index (κ2) is 5.16. The van der Waals surface area contributed by atoms with E-state index in [0.717, 1.165) is 23.1 Å². The molecule has 0 aromatic heterocycles. The summed E-state index contributed by atoms with van der Waals surface area (Å²) in [6.07, 6.45) is 0.749. The first kappa shape index (κ1) is 13.2. The Kier molecular flexibility index (Phi) is 3.57. The Labute approximate surface area is 114 Å². The molecule has 0 saturated heterocycles. The first-order valence-electron chi connectivity index (χ1n) is 6.30. The van der Waals surface area contributed by atoms with E-state index < -0.39 is 0 Å². The lowest BCUT2D eigenvalue weighted by Gasteiger charge is -2.15. The maximum absolute atomic E-state index is 9.27. The van der Waals surface area contributed by atoms with Gasteiger partial charge in [0.25, 0.3) is 0 Å². The smallest absolute Gasteiger partial charge is 0.115 e. The van der Waals surface area contributed by atoms with Crippen LogP contribution in [0.5, 0.6) is 5.75 Å². The molecule has 2 aromatic carbocycles. The summed E-state index contributed by atoms with van der Waals surface area (Å²) in [6, 6.07) is 17.7. The molecule has 0 spiro atoms. The highest BCUT2D eigenvalue weighted by molar-refractivity contribution is 5.64. The van der Waals surface area contributed by atoms with Crippen molar-refractivity contribution >= 4 is 0 Å². The van der Waals surface area contributed by atoms with Crippen LogP contribution in [0.1, 0.15) is 19.4 Å². The van der Waals surface area contributed by atoms with Gasteiger partial charge in [-0.15, -0.1) is 0 Å². The lowest BCUT2D eigenvalue weighted by atomic mass is 9.87. The van der Waals surface area contributed by atoms with Crippen molar-refractivity contribution in [3.8, 4) is 22.9 Å². The molecule has 0 heterocycles. The minimum Gasteiger partial charge on any atom is -0.508 e. The van der Waals surface area contributed by atoms with Gasteiger partial charge in [0, 0.05) is 0 Å². The second-order valence-corrected chi connectivity index (χ2v) is 5.42. The van der Waals surface area contributed by atoms with Crippen LogP contribution in [0.4, 0.5) is 0 Å². The molecule has 0 aliphatic rings. The van der Waals surface area contributed by atoms with Gasteiger partial charge in [0.2, 0.25) is 0 Å². The van der Waals surface area contributed by atoms with E-state index in [9.17, 15) is 5.11 Å². The van der Waals surface area contributed by atoms with E-state index in [1.165, 1.54) is 0 Å². The minimum atomic E-state index is -0.333. The molecule has 0 bridgehead atoms. The summed E-state index contributed by atoms with van der Waals surface area (Å²) < 4.78 is 0. The Hall–Kier alpha value is -2.27. The molecular formula is C17H17NO. The van der Waals surface area contributed by atoms with Gasteiger partial charge < -0.3 is 5.11 Å². The van der Waals surface area contributed by atoms with E-state index in [4.69, 9.17) is 5.26 Å². The van der Waals surface area contributed by atoms with E-state index in [2.05, 4.69) is 30.3 Å². The highest BCUT2D eigenvalue weighted by atomic mass is 16.3. The summed E-state index contributed by atoms with van der Waals surface area (Å²) in [5.74, 6) is 0.274. The van der Waals surface area contributed by atoms with Gasteiger partial charge in [0.05, 0.1) is 11.5 Å². The molecule has 19 heavy (non-hydrogen) atoms. The van der Waals surface area contributed by atoms with Gasteiger partial charge >= 0.3 is 0 Å². The van der Waals surface area contributed by atoms with Gasteiger partial charge in [0.1, 0.15) is 5.75 Å². The van der Waals surface area contributed by atoms with E-state index in [1.54, 1.807) is 12.1 Å². The standard InChI is InChI=1S/C17H17NO/c1-17(2,12-18)11-13-3-5-14(6-4-13)15-7-9-16(19)10-8-15/h3-10,19H,11H2,1-2H3. The van der Waals surface area contributed by atoms with Crippen molar-refractivity contribution in [3.63, 3.8) is 0 Å². The van der Waals surface area contributed by atoms with Crippen LogP contribution >= 0.6 is 0 Å². The molecule has 2 aromatic rings. The van der Waals surface area contributed by atoms with Crippen molar-refractivity contribution in [2.75, 3.05) is 0 Å². The lowest BCUT2D eigenvalue weighted by molar-refractivity contribution is 0.475. The average molecular weight is 251 g/mol. The van der Waals surface area contributed by atoms with Crippen molar-refractivity contribution in [1.82, 2.24) is 0 Å². The number of phenols is 1. The molecule has 1 N–H and O–H groups in total. The van der Waals surface area contributed by atoms with Crippen molar-refractivity contribution in [1.29, 1.82) is 5.26 Å². The van der Waals surface area contributed by atoms with E-state index >= 15 is 0 Å². The normalized spacial score (nSPS) is 11.0. The van der Waals surface area contributed by atoms with Crippen molar-refractivity contribution < 1.29 is 5.11 Å². The largest absolute Gasteiger partial charge is 0.508 e. The predicted octanol–water partition coefficient (Wildman–Crippen LogP) is 4.15. The Morgan fingerprint density at radius 2 is 1.42 bits per heavy atom. The number of hydrogen-bond acceptors (Lipinski definition) is 2. The van der Waals surface area contributed by atoms with Gasteiger partial charge in [0.15, 0.2) is 0 Å². The summed E-state index contributed by atoms with van der Waals surface area (Å²) in [6.45, 7) is 3.89. The molecule has 96 valence electrons. The Bertz CT molecular complexity index is 589. The van der Waals surface area contributed by atoms with Gasteiger partial charge in [-0.2, -0.15) is 5.26 Å². The summed E-state index contributed by atoms with van der Waals surface area (Å²) in [5.41, 5.74) is 3.01. The van der Waals surface area contributed by atoms with E-state index in [1.807, 2.05) is 26.0 Å². The molecular weight excluding hydrogens is 234 g/mol. The first-order valence-corrected chi connectivity index (χ1v) is 6.30. The number of aromatic hydroxyl groups is 1. The highest BCUT2D eigenvalue weighted by Crippen LogP contribution is 2.25. The SMILES string of the molecule is CC(C)(C#N)Cc1ccc(-c2ccc(O)cc2)cc1. The van der Waals surface area contributed by atoms with Crippen LogP contribution in [0.15, 0.2) is 48.5 Å². The predicted molar refractivity (Wildman–Crippen MR) is 76.6 cm³/mol. The summed E-state index contributed by atoms with van der Waals surface area (Å²) in [5, 5.41) is 18.3. The molecule has 0 fully saturated rings. The quantitative estimate of drug-likeness (QED) is 0.890. The number of nitrogens with zero attached hydrogens (tertiary/aromatic N) is 1. The fourth-order valence-corrected chi connectivity index (χ4v) is 2.02. The molecule has 0 atom stereocenters. The van der Waals surface area contributed by atoms with Crippen LogP contribution in [-0.4, -0.2) is 5.11 Å². The van der Waals surface area contributed by atoms with Gasteiger partial charge in [-0.25, -0.2) is 0 Å². The summed E-state index contributed by atoms with van der Waals surface area (Å²) in [7, 11) is 0. The second-order valence-electron chi connectivity index (χ2n) is 5.42. The summed E-state index contributed by atoms with van der Waals surface area (Å²) in [4.78, 5) is 0. The topological polar surface area (TPSA) is 44.0 Å². The van der Waals surface area contributed by atoms with Crippen LogP contribution in [0.25, 0.3) is 11.1 Å². The molecule has 2 heteroatoms. The molecule has 0 aliphatic heterocycles. The van der Waals surface area contributed by atoms with Crippen LogP contribution in [0, 0.1) is 16.7 Å². The molecule has 0 unspecified atom stereocenters. The molecule has 0 radical (unpaired) electrons. The zero-order valence-electron chi connectivity index (χ0n) is 11.2. The minimum absolute atomic E-state index is 0.274. The monoisotopic (exact) mass is 251 g/mol. The third kappa shape index (κ3) is 3.35. The van der Waals surface area contributed by atoms with Crippen LogP contribution in [0.3, 0.4) is 0 Å². The zero-order valence-corrected chi connectivity index (χ0v) is 11.2. The molecule has 2 nitrogen and oxygen atoms in total. The number of rotatable bonds is 3. The zero-order chi connectivity index (χ0) is 13.9. The van der Waals surface area contributed by atoms with Gasteiger partial charge in [-0.05, 0) is 49.1 Å². The van der Waals surface area contributed by atoms with E-state index in [0.29, 0.717) is 0 Å². The van der Waals surface area contributed by atoms with Crippen LogP contribution in [0.2, 0.25) is 0 Å². The number of benzene rings is 2. The molecule has 0 saturated carbocycles. The first-order chi connectivity index (χ1) is 9.00. The van der Waals surface area contributed by atoms with Gasteiger partial charge in [-0.1, -0.05) is 36.4 Å². The third-order valence-corrected chi connectivity index (χ3v) is 3.10. The molecule has 0 amide bonds. The fourth-order valence-electron chi connectivity index (χ4n) is 2.02. The Balaban J connectivity index is 2.19. The summed E-state index contributed by atoms with van der Waals surface area (Å²) >= 11 is 0. The van der Waals surface area contributed by atoms with Gasteiger partial charge in [-0.3, -0.25) is 0 Å². The third-order valence-electron chi connectivity index (χ3n) is 3.10. The maximum atomic E-state index is 9.27. The van der Waals surface area contributed by atoms with Crippen molar-refractivity contribution in [2.45, 2.75) is 20.3 Å². The van der Waals surface area contributed by atoms with Crippen LogP contribution < -0.4 is 0 Å². The fraction of sp³-hybridized carbons (Fsp3) is 0.235. The van der Waals surface area contributed by atoms with E-state index in [-0.39, 0.29) is 11.2 Å².